The lowest BCUT2D eigenvalue weighted by atomic mass is 10.0. The molecule has 0 fully saturated rings. The molecule has 126 valence electrons. The van der Waals surface area contributed by atoms with Gasteiger partial charge in [-0.3, -0.25) is 9.59 Å². The Morgan fingerprint density at radius 2 is 1.92 bits per heavy atom. The average molecular weight is 354 g/mol. The molecule has 2 amide bonds. The number of halogens is 1. The first-order valence-corrected chi connectivity index (χ1v) is 8.41. The van der Waals surface area contributed by atoms with E-state index in [4.69, 9.17) is 11.6 Å². The molecule has 0 aliphatic carbocycles. The van der Waals surface area contributed by atoms with E-state index in [1.165, 1.54) is 0 Å². The predicted octanol–water partition coefficient (Wildman–Crippen LogP) is 2.79. The van der Waals surface area contributed by atoms with E-state index in [1.807, 2.05) is 30.3 Å². The molecule has 3 aromatic rings. The third-order valence-corrected chi connectivity index (χ3v) is 4.68. The lowest BCUT2D eigenvalue weighted by molar-refractivity contribution is -0.122. The van der Waals surface area contributed by atoms with Gasteiger partial charge in [0.25, 0.3) is 5.91 Å². The highest BCUT2D eigenvalue weighted by Crippen LogP contribution is 2.20. The largest absolute Gasteiger partial charge is 0.351 e. The zero-order valence-corrected chi connectivity index (χ0v) is 14.1. The van der Waals surface area contributed by atoms with Crippen LogP contribution >= 0.6 is 11.6 Å². The maximum Gasteiger partial charge on any atom is 0.268 e. The highest BCUT2D eigenvalue weighted by molar-refractivity contribution is 6.31. The molecule has 1 aromatic heterocycles. The van der Waals surface area contributed by atoms with E-state index in [0.717, 1.165) is 22.0 Å². The molecule has 5 nitrogen and oxygen atoms in total. The molecular formula is C19H16ClN3O2. The fraction of sp³-hybridized carbons (Fsp3) is 0.158. The van der Waals surface area contributed by atoms with Gasteiger partial charge in [0.05, 0.1) is 0 Å². The molecule has 2 heterocycles. The van der Waals surface area contributed by atoms with Crippen LogP contribution in [-0.4, -0.2) is 22.8 Å². The van der Waals surface area contributed by atoms with Crippen LogP contribution in [0, 0.1) is 0 Å². The summed E-state index contributed by atoms with van der Waals surface area (Å²) in [5.74, 6) is -0.490. The van der Waals surface area contributed by atoms with Crippen molar-refractivity contribution in [2.75, 3.05) is 0 Å². The Morgan fingerprint density at radius 1 is 1.12 bits per heavy atom. The first-order valence-electron chi connectivity index (χ1n) is 8.04. The Hall–Kier alpha value is -2.79. The van der Waals surface area contributed by atoms with Crippen molar-refractivity contribution in [1.82, 2.24) is 15.6 Å². The summed E-state index contributed by atoms with van der Waals surface area (Å²) < 4.78 is 0. The first kappa shape index (κ1) is 15.7. The number of rotatable bonds is 2. The summed E-state index contributed by atoms with van der Waals surface area (Å²) in [6.07, 6.45) is 0.472. The molecule has 6 heteroatoms. The van der Waals surface area contributed by atoms with Crippen molar-refractivity contribution >= 4 is 34.3 Å². The molecule has 2 aromatic carbocycles. The molecule has 4 rings (SSSR count). The summed E-state index contributed by atoms with van der Waals surface area (Å²) in [6, 6.07) is 14.4. The zero-order chi connectivity index (χ0) is 17.4. The highest BCUT2D eigenvalue weighted by Gasteiger charge is 2.26. The molecule has 1 aliphatic heterocycles. The number of carbonyl (C=O) groups excluding carboxylic acids is 2. The molecule has 0 saturated heterocycles. The number of H-pyrrole nitrogens is 1. The van der Waals surface area contributed by atoms with E-state index >= 15 is 0 Å². The van der Waals surface area contributed by atoms with Gasteiger partial charge in [-0.2, -0.15) is 0 Å². The fourth-order valence-corrected chi connectivity index (χ4v) is 3.31. The Kier molecular flexibility index (Phi) is 3.93. The molecule has 3 N–H and O–H groups in total. The van der Waals surface area contributed by atoms with Crippen LogP contribution in [0.25, 0.3) is 10.9 Å². The number of nitrogens with one attached hydrogen (secondary N) is 3. The predicted molar refractivity (Wildman–Crippen MR) is 96.6 cm³/mol. The van der Waals surface area contributed by atoms with Crippen molar-refractivity contribution < 1.29 is 9.59 Å². The minimum atomic E-state index is -0.605. The average Bonchev–Trinajstić information content (AvgIpc) is 2.96. The van der Waals surface area contributed by atoms with E-state index in [0.29, 0.717) is 23.7 Å². The summed E-state index contributed by atoms with van der Waals surface area (Å²) in [5.41, 5.74) is 3.37. The van der Waals surface area contributed by atoms with Crippen LogP contribution < -0.4 is 10.6 Å². The minimum absolute atomic E-state index is 0.177. The zero-order valence-electron chi connectivity index (χ0n) is 13.3. The number of benzene rings is 2. The van der Waals surface area contributed by atoms with Gasteiger partial charge in [-0.1, -0.05) is 35.9 Å². The third-order valence-electron chi connectivity index (χ3n) is 4.44. The highest BCUT2D eigenvalue weighted by atomic mass is 35.5. The van der Waals surface area contributed by atoms with Crippen LogP contribution in [0.4, 0.5) is 0 Å². The SMILES string of the molecule is O=C(NC1Cc2ccccc2CNC1=O)c1cc2cc(Cl)ccc2[nH]1. The molecule has 0 radical (unpaired) electrons. The van der Waals surface area contributed by atoms with Gasteiger partial charge >= 0.3 is 0 Å². The van der Waals surface area contributed by atoms with E-state index in [9.17, 15) is 9.59 Å². The van der Waals surface area contributed by atoms with E-state index in [-0.39, 0.29) is 11.8 Å². The Bertz CT molecular complexity index is 980. The Balaban J connectivity index is 1.57. The van der Waals surface area contributed by atoms with Crippen molar-refractivity contribution in [3.8, 4) is 0 Å². The topological polar surface area (TPSA) is 74.0 Å². The van der Waals surface area contributed by atoms with Gasteiger partial charge in [0.2, 0.25) is 5.91 Å². The van der Waals surface area contributed by atoms with Crippen molar-refractivity contribution in [3.63, 3.8) is 0 Å². The van der Waals surface area contributed by atoms with Crippen LogP contribution in [0.3, 0.4) is 0 Å². The molecule has 1 atom stereocenters. The van der Waals surface area contributed by atoms with Gasteiger partial charge in [-0.15, -0.1) is 0 Å². The molecular weight excluding hydrogens is 338 g/mol. The molecule has 1 unspecified atom stereocenters. The molecule has 1 aliphatic rings. The monoisotopic (exact) mass is 353 g/mol. The number of aromatic amines is 1. The van der Waals surface area contributed by atoms with Crippen LogP contribution in [0.1, 0.15) is 21.6 Å². The quantitative estimate of drug-likeness (QED) is 0.662. The third kappa shape index (κ3) is 3.10. The number of aromatic nitrogens is 1. The van der Waals surface area contributed by atoms with E-state index < -0.39 is 6.04 Å². The molecule has 0 bridgehead atoms. The summed E-state index contributed by atoms with van der Waals surface area (Å²) in [5, 5.41) is 7.15. The number of amides is 2. The summed E-state index contributed by atoms with van der Waals surface area (Å²) in [7, 11) is 0. The minimum Gasteiger partial charge on any atom is -0.351 e. The van der Waals surface area contributed by atoms with Gasteiger partial charge in [0.1, 0.15) is 11.7 Å². The van der Waals surface area contributed by atoms with Gasteiger partial charge in [-0.05, 0) is 35.4 Å². The van der Waals surface area contributed by atoms with E-state index in [1.54, 1.807) is 18.2 Å². The van der Waals surface area contributed by atoms with Crippen molar-refractivity contribution in [2.24, 2.45) is 0 Å². The second kappa shape index (κ2) is 6.26. The second-order valence-corrected chi connectivity index (χ2v) is 6.57. The van der Waals surface area contributed by atoms with Gasteiger partial charge in [0.15, 0.2) is 0 Å². The maximum absolute atomic E-state index is 12.6. The molecule has 0 saturated carbocycles. The van der Waals surface area contributed by atoms with Gasteiger partial charge in [0, 0.05) is 28.9 Å². The summed E-state index contributed by atoms with van der Waals surface area (Å²) in [4.78, 5) is 28.0. The smallest absolute Gasteiger partial charge is 0.268 e. The van der Waals surface area contributed by atoms with E-state index in [2.05, 4.69) is 15.6 Å². The van der Waals surface area contributed by atoms with Crippen LogP contribution in [0.15, 0.2) is 48.5 Å². The van der Waals surface area contributed by atoms with Gasteiger partial charge in [-0.25, -0.2) is 0 Å². The lowest BCUT2D eigenvalue weighted by Gasteiger charge is -2.15. The maximum atomic E-state index is 12.6. The van der Waals surface area contributed by atoms with Crippen LogP contribution in [0.5, 0.6) is 0 Å². The summed E-state index contributed by atoms with van der Waals surface area (Å²) in [6.45, 7) is 0.478. The van der Waals surface area contributed by atoms with Crippen molar-refractivity contribution in [2.45, 2.75) is 19.0 Å². The van der Waals surface area contributed by atoms with Crippen molar-refractivity contribution in [3.05, 3.63) is 70.4 Å². The lowest BCUT2D eigenvalue weighted by Crippen LogP contribution is -2.46. The molecule has 0 spiro atoms. The Morgan fingerprint density at radius 3 is 2.76 bits per heavy atom. The number of carbonyl (C=O) groups is 2. The first-order chi connectivity index (χ1) is 12.1. The summed E-state index contributed by atoms with van der Waals surface area (Å²) >= 11 is 5.98. The normalized spacial score (nSPS) is 16.8. The van der Waals surface area contributed by atoms with Crippen LogP contribution in [0.2, 0.25) is 5.02 Å². The Labute approximate surface area is 149 Å². The fourth-order valence-electron chi connectivity index (χ4n) is 3.13. The second-order valence-electron chi connectivity index (χ2n) is 6.13. The van der Waals surface area contributed by atoms with Crippen LogP contribution in [-0.2, 0) is 17.8 Å². The standard InChI is InChI=1S/C19H16ClN3O2/c20-14-5-6-15-13(7-14)9-17(22-15)19(25)23-16-8-11-3-1-2-4-12(11)10-21-18(16)24/h1-7,9,16,22H,8,10H2,(H,21,24)(H,23,25). The molecule has 25 heavy (non-hydrogen) atoms. The number of hydrogen-bond acceptors (Lipinski definition) is 2. The number of hydrogen-bond donors (Lipinski definition) is 3. The number of fused-ring (bicyclic) bond motifs is 2. The van der Waals surface area contributed by atoms with Crippen molar-refractivity contribution in [1.29, 1.82) is 0 Å². The van der Waals surface area contributed by atoms with Gasteiger partial charge < -0.3 is 15.6 Å².